The lowest BCUT2D eigenvalue weighted by Crippen LogP contribution is -2.39. The molecule has 1 aliphatic rings. The van der Waals surface area contributed by atoms with Gasteiger partial charge in [0, 0.05) is 31.6 Å². The van der Waals surface area contributed by atoms with Crippen LogP contribution in [0.25, 0.3) is 0 Å². The predicted octanol–water partition coefficient (Wildman–Crippen LogP) is 0.949. The maximum absolute atomic E-state index is 12.3. The fourth-order valence-electron chi connectivity index (χ4n) is 3.58. The van der Waals surface area contributed by atoms with Gasteiger partial charge in [-0.25, -0.2) is 0 Å². The summed E-state index contributed by atoms with van der Waals surface area (Å²) in [5, 5.41) is 11.1. The predicted molar refractivity (Wildman–Crippen MR) is 100 cm³/mol. The highest BCUT2D eigenvalue weighted by Gasteiger charge is 2.30. The third-order valence-electron chi connectivity index (χ3n) is 5.30. The second-order valence-electron chi connectivity index (χ2n) is 6.94. The standard InChI is InChI=1S/C19H28N6O/c1-24-16(7-8-17(24)12-20)11-19(26)21-13-18-23-22-14-25(18)10-9-15-5-3-2-4-6-15/h2-6,14,16-17H,7-13,20H2,1H3,(H,21,26)/t16-,17+/m0/s1. The molecule has 0 aliphatic carbocycles. The quantitative estimate of drug-likeness (QED) is 0.735. The molecule has 0 spiro atoms. The number of likely N-dealkylation sites (N-methyl/N-ethyl adjacent to an activating group) is 1. The minimum atomic E-state index is 0.0529. The molecule has 1 aromatic heterocycles. The number of amides is 1. The van der Waals surface area contributed by atoms with Crippen molar-refractivity contribution in [3.63, 3.8) is 0 Å². The van der Waals surface area contributed by atoms with Crippen molar-refractivity contribution >= 4 is 5.91 Å². The molecule has 1 amide bonds. The van der Waals surface area contributed by atoms with Gasteiger partial charge < -0.3 is 15.6 Å². The number of hydrogen-bond donors (Lipinski definition) is 2. The Labute approximate surface area is 154 Å². The van der Waals surface area contributed by atoms with Gasteiger partial charge in [0.05, 0.1) is 6.54 Å². The Morgan fingerprint density at radius 2 is 2.04 bits per heavy atom. The number of nitrogens with two attached hydrogens (primary N) is 1. The molecule has 1 aliphatic heterocycles. The smallest absolute Gasteiger partial charge is 0.221 e. The zero-order chi connectivity index (χ0) is 18.4. The summed E-state index contributed by atoms with van der Waals surface area (Å²) in [4.78, 5) is 14.5. The summed E-state index contributed by atoms with van der Waals surface area (Å²) in [6.45, 7) is 1.86. The first-order valence-electron chi connectivity index (χ1n) is 9.26. The number of nitrogens with one attached hydrogen (secondary N) is 1. The maximum atomic E-state index is 12.3. The first-order chi connectivity index (χ1) is 12.7. The van der Waals surface area contributed by atoms with Crippen molar-refractivity contribution in [2.24, 2.45) is 5.73 Å². The molecular formula is C19H28N6O. The topological polar surface area (TPSA) is 89.1 Å². The first-order valence-corrected chi connectivity index (χ1v) is 9.26. The monoisotopic (exact) mass is 356 g/mol. The van der Waals surface area contributed by atoms with Crippen LogP contribution in [0.3, 0.4) is 0 Å². The third-order valence-corrected chi connectivity index (χ3v) is 5.30. The lowest BCUT2D eigenvalue weighted by Gasteiger charge is -2.24. The van der Waals surface area contributed by atoms with Crippen LogP contribution in [0.5, 0.6) is 0 Å². The highest BCUT2D eigenvalue weighted by Crippen LogP contribution is 2.23. The molecular weight excluding hydrogens is 328 g/mol. The molecule has 3 N–H and O–H groups in total. The van der Waals surface area contributed by atoms with Gasteiger partial charge in [-0.3, -0.25) is 9.69 Å². The molecule has 2 atom stereocenters. The Kier molecular flexibility index (Phi) is 6.35. The summed E-state index contributed by atoms with van der Waals surface area (Å²) in [7, 11) is 2.06. The van der Waals surface area contributed by atoms with E-state index in [2.05, 4.69) is 39.6 Å². The van der Waals surface area contributed by atoms with E-state index in [1.54, 1.807) is 6.33 Å². The van der Waals surface area contributed by atoms with E-state index in [4.69, 9.17) is 5.73 Å². The molecule has 0 unspecified atom stereocenters. The van der Waals surface area contributed by atoms with Crippen molar-refractivity contribution < 1.29 is 4.79 Å². The Balaban J connectivity index is 1.46. The Morgan fingerprint density at radius 1 is 1.27 bits per heavy atom. The van der Waals surface area contributed by atoms with E-state index in [1.807, 2.05) is 22.8 Å². The number of aromatic nitrogens is 3. The van der Waals surface area contributed by atoms with Crippen LogP contribution in [0.4, 0.5) is 0 Å². The van der Waals surface area contributed by atoms with Crippen molar-refractivity contribution in [1.82, 2.24) is 25.0 Å². The number of hydrogen-bond acceptors (Lipinski definition) is 5. The lowest BCUT2D eigenvalue weighted by atomic mass is 10.1. The summed E-state index contributed by atoms with van der Waals surface area (Å²) in [5.74, 6) is 0.839. The lowest BCUT2D eigenvalue weighted by molar-refractivity contribution is -0.122. The van der Waals surface area contributed by atoms with Crippen molar-refractivity contribution in [3.05, 3.63) is 48.0 Å². The van der Waals surface area contributed by atoms with Crippen molar-refractivity contribution in [2.45, 2.75) is 50.9 Å². The summed E-state index contributed by atoms with van der Waals surface area (Å²) in [6.07, 6.45) is 5.23. The van der Waals surface area contributed by atoms with Crippen molar-refractivity contribution in [1.29, 1.82) is 0 Å². The van der Waals surface area contributed by atoms with Gasteiger partial charge >= 0.3 is 0 Å². The second-order valence-corrected chi connectivity index (χ2v) is 6.94. The highest BCUT2D eigenvalue weighted by molar-refractivity contribution is 5.76. The number of carbonyl (C=O) groups is 1. The van der Waals surface area contributed by atoms with Gasteiger partial charge in [0.1, 0.15) is 6.33 Å². The highest BCUT2D eigenvalue weighted by atomic mass is 16.1. The molecule has 2 heterocycles. The van der Waals surface area contributed by atoms with Crippen LogP contribution in [0, 0.1) is 0 Å². The van der Waals surface area contributed by atoms with Gasteiger partial charge in [0.15, 0.2) is 5.82 Å². The number of likely N-dealkylation sites (tertiary alicyclic amines) is 1. The zero-order valence-corrected chi connectivity index (χ0v) is 15.3. The first kappa shape index (κ1) is 18.5. The van der Waals surface area contributed by atoms with Crippen LogP contribution in [-0.4, -0.2) is 51.2 Å². The maximum Gasteiger partial charge on any atom is 0.221 e. The van der Waals surface area contributed by atoms with E-state index < -0.39 is 0 Å². The second kappa shape index (κ2) is 8.91. The third kappa shape index (κ3) is 4.68. The van der Waals surface area contributed by atoms with E-state index in [-0.39, 0.29) is 11.9 Å². The molecule has 7 nitrogen and oxygen atoms in total. The van der Waals surface area contributed by atoms with Crippen molar-refractivity contribution in [2.75, 3.05) is 13.6 Å². The largest absolute Gasteiger partial charge is 0.349 e. The molecule has 1 fully saturated rings. The van der Waals surface area contributed by atoms with Crippen LogP contribution in [-0.2, 0) is 24.3 Å². The van der Waals surface area contributed by atoms with E-state index >= 15 is 0 Å². The van der Waals surface area contributed by atoms with Crippen LogP contribution >= 0.6 is 0 Å². The molecule has 1 saturated heterocycles. The van der Waals surface area contributed by atoms with E-state index in [1.165, 1.54) is 5.56 Å². The number of carbonyl (C=O) groups excluding carboxylic acids is 1. The minimum Gasteiger partial charge on any atom is -0.349 e. The van der Waals surface area contributed by atoms with E-state index in [0.29, 0.717) is 25.6 Å². The molecule has 1 aromatic carbocycles. The van der Waals surface area contributed by atoms with Gasteiger partial charge in [0.25, 0.3) is 0 Å². The molecule has 2 aromatic rings. The Morgan fingerprint density at radius 3 is 2.77 bits per heavy atom. The molecule has 7 heteroatoms. The Hall–Kier alpha value is -2.25. The number of rotatable bonds is 8. The molecule has 0 saturated carbocycles. The van der Waals surface area contributed by atoms with Crippen LogP contribution in [0.2, 0.25) is 0 Å². The molecule has 0 radical (unpaired) electrons. The molecule has 0 bridgehead atoms. The normalized spacial score (nSPS) is 20.4. The van der Waals surface area contributed by atoms with E-state index in [9.17, 15) is 4.79 Å². The summed E-state index contributed by atoms with van der Waals surface area (Å²) in [5.41, 5.74) is 7.04. The average Bonchev–Trinajstić information content (AvgIpc) is 3.26. The number of benzene rings is 1. The van der Waals surface area contributed by atoms with Crippen LogP contribution < -0.4 is 11.1 Å². The van der Waals surface area contributed by atoms with Gasteiger partial charge in [-0.15, -0.1) is 10.2 Å². The number of aryl methyl sites for hydroxylation is 2. The average molecular weight is 356 g/mol. The van der Waals surface area contributed by atoms with Crippen LogP contribution in [0.15, 0.2) is 36.7 Å². The van der Waals surface area contributed by atoms with Crippen molar-refractivity contribution in [3.8, 4) is 0 Å². The minimum absolute atomic E-state index is 0.0529. The fourth-order valence-corrected chi connectivity index (χ4v) is 3.58. The van der Waals surface area contributed by atoms with Gasteiger partial charge in [-0.1, -0.05) is 30.3 Å². The Bertz CT molecular complexity index is 701. The van der Waals surface area contributed by atoms with Gasteiger partial charge in [-0.2, -0.15) is 0 Å². The summed E-state index contributed by atoms with van der Waals surface area (Å²) < 4.78 is 2.00. The molecule has 26 heavy (non-hydrogen) atoms. The van der Waals surface area contributed by atoms with Gasteiger partial charge in [0.2, 0.25) is 5.91 Å². The fraction of sp³-hybridized carbons (Fsp3) is 0.526. The zero-order valence-electron chi connectivity index (χ0n) is 15.3. The molecule has 3 rings (SSSR count). The number of nitrogens with zero attached hydrogens (tertiary/aromatic N) is 4. The SMILES string of the molecule is CN1[C@@H](CN)CC[C@H]1CC(=O)NCc1nncn1CCc1ccccc1. The summed E-state index contributed by atoms with van der Waals surface area (Å²) in [6, 6.07) is 11.0. The van der Waals surface area contributed by atoms with E-state index in [0.717, 1.165) is 31.6 Å². The summed E-state index contributed by atoms with van der Waals surface area (Å²) >= 11 is 0. The van der Waals surface area contributed by atoms with Gasteiger partial charge in [-0.05, 0) is 31.9 Å². The molecule has 140 valence electrons. The van der Waals surface area contributed by atoms with Crippen LogP contribution in [0.1, 0.15) is 30.7 Å².